The van der Waals surface area contributed by atoms with E-state index in [1.54, 1.807) is 11.6 Å². The first-order valence-corrected chi connectivity index (χ1v) is 9.55. The zero-order valence-corrected chi connectivity index (χ0v) is 16.5. The van der Waals surface area contributed by atoms with Gasteiger partial charge in [-0.05, 0) is 6.92 Å². The van der Waals surface area contributed by atoms with E-state index in [-0.39, 0.29) is 29.5 Å². The predicted octanol–water partition coefficient (Wildman–Crippen LogP) is 3.35. The molecule has 1 fully saturated rings. The number of anilines is 1. The molecule has 1 atom stereocenters. The molecule has 1 aromatic heterocycles. The summed E-state index contributed by atoms with van der Waals surface area (Å²) in [6.07, 6.45) is 1.83. The summed E-state index contributed by atoms with van der Waals surface area (Å²) in [5.41, 5.74) is 0.666. The number of nitrogens with one attached hydrogen (secondary N) is 1. The van der Waals surface area contributed by atoms with Gasteiger partial charge in [-0.15, -0.1) is 0 Å². The number of ketones is 1. The summed E-state index contributed by atoms with van der Waals surface area (Å²) in [4.78, 5) is 27.0. The van der Waals surface area contributed by atoms with E-state index in [0.717, 1.165) is 0 Å². The number of amides is 2. The van der Waals surface area contributed by atoms with Gasteiger partial charge in [0.05, 0.1) is 49.8 Å². The maximum Gasteiger partial charge on any atom is 0.322 e. The lowest BCUT2D eigenvalue weighted by Gasteiger charge is -2.37. The van der Waals surface area contributed by atoms with Crippen LogP contribution in [0.2, 0.25) is 0 Å². The molecule has 0 aliphatic carbocycles. The summed E-state index contributed by atoms with van der Waals surface area (Å²) in [6.45, 7) is 5.30. The molecule has 0 radical (unpaired) electrons. The van der Waals surface area contributed by atoms with Gasteiger partial charge in [-0.1, -0.05) is 6.92 Å². The summed E-state index contributed by atoms with van der Waals surface area (Å²) in [5, 5.41) is 6.67. The molecule has 0 spiro atoms. The molecule has 1 saturated heterocycles. The highest BCUT2D eigenvalue weighted by Crippen LogP contribution is 2.33. The van der Waals surface area contributed by atoms with E-state index in [1.807, 2.05) is 6.92 Å². The highest BCUT2D eigenvalue weighted by molar-refractivity contribution is 5.97. The first-order valence-electron chi connectivity index (χ1n) is 9.55. The fourth-order valence-electron chi connectivity index (χ4n) is 3.76. The van der Waals surface area contributed by atoms with Crippen LogP contribution in [0.3, 0.4) is 0 Å². The number of urea groups is 1. The van der Waals surface area contributed by atoms with Gasteiger partial charge in [-0.25, -0.2) is 18.0 Å². The van der Waals surface area contributed by atoms with Crippen molar-refractivity contribution in [2.75, 3.05) is 18.5 Å². The van der Waals surface area contributed by atoms with Crippen LogP contribution in [0.25, 0.3) is 0 Å². The standard InChI is InChI=1S/C20H21F3N4O3/c1-11-7-27-16(13(6-24-27)17(28)5-20(2)9-30-10-20)8-26(11)19(29)25-12-3-14(21)18(23)15(22)4-12/h3-4,6,11H,5,7-10H2,1-2H3,(H,25,29)/t11-/m0/s1. The second kappa shape index (κ2) is 7.42. The number of Topliss-reactive ketones (excluding diaryl/α,β-unsaturated/α-hetero) is 1. The molecule has 4 rings (SSSR count). The Hall–Kier alpha value is -2.88. The van der Waals surface area contributed by atoms with Gasteiger partial charge < -0.3 is 15.0 Å². The molecular formula is C20H21F3N4O3. The van der Waals surface area contributed by atoms with Crippen molar-refractivity contribution in [1.29, 1.82) is 0 Å². The molecule has 2 aromatic rings. The zero-order chi connectivity index (χ0) is 21.6. The first kappa shape index (κ1) is 20.4. The van der Waals surface area contributed by atoms with Crippen LogP contribution in [0.1, 0.15) is 36.3 Å². The van der Waals surface area contributed by atoms with Crippen molar-refractivity contribution in [1.82, 2.24) is 14.7 Å². The van der Waals surface area contributed by atoms with Gasteiger partial charge in [0.15, 0.2) is 23.2 Å². The third-order valence-electron chi connectivity index (χ3n) is 5.52. The molecule has 0 bridgehead atoms. The normalized spacial score (nSPS) is 19.8. The molecule has 160 valence electrons. The van der Waals surface area contributed by atoms with Crippen molar-refractivity contribution in [3.63, 3.8) is 0 Å². The fraction of sp³-hybridized carbons (Fsp3) is 0.450. The second-order valence-corrected chi connectivity index (χ2v) is 8.25. The first-order chi connectivity index (χ1) is 14.2. The monoisotopic (exact) mass is 422 g/mol. The highest BCUT2D eigenvalue weighted by Gasteiger charge is 2.38. The van der Waals surface area contributed by atoms with Crippen LogP contribution in [0, 0.1) is 22.9 Å². The van der Waals surface area contributed by atoms with Gasteiger partial charge in [0.2, 0.25) is 0 Å². The summed E-state index contributed by atoms with van der Waals surface area (Å²) in [6, 6.07) is 0.531. The smallest absolute Gasteiger partial charge is 0.322 e. The largest absolute Gasteiger partial charge is 0.380 e. The van der Waals surface area contributed by atoms with Crippen molar-refractivity contribution < 1.29 is 27.5 Å². The van der Waals surface area contributed by atoms with Gasteiger partial charge in [0.25, 0.3) is 0 Å². The highest BCUT2D eigenvalue weighted by atomic mass is 19.2. The lowest BCUT2D eigenvalue weighted by atomic mass is 9.82. The second-order valence-electron chi connectivity index (χ2n) is 8.25. The van der Waals surface area contributed by atoms with Crippen LogP contribution >= 0.6 is 0 Å². The molecule has 3 heterocycles. The van der Waals surface area contributed by atoms with E-state index in [4.69, 9.17) is 4.74 Å². The molecule has 2 aliphatic heterocycles. The van der Waals surface area contributed by atoms with Crippen molar-refractivity contribution in [2.45, 2.75) is 39.4 Å². The lowest BCUT2D eigenvalue weighted by molar-refractivity contribution is -0.0996. The van der Waals surface area contributed by atoms with Gasteiger partial charge in [0.1, 0.15) is 0 Å². The summed E-state index contributed by atoms with van der Waals surface area (Å²) >= 11 is 0. The molecule has 2 aliphatic rings. The van der Waals surface area contributed by atoms with E-state index in [2.05, 4.69) is 10.4 Å². The van der Waals surface area contributed by atoms with Crippen LogP contribution in [-0.2, 0) is 17.8 Å². The van der Waals surface area contributed by atoms with Gasteiger partial charge in [0, 0.05) is 29.7 Å². The molecule has 0 saturated carbocycles. The van der Waals surface area contributed by atoms with Crippen LogP contribution in [0.4, 0.5) is 23.7 Å². The number of hydrogen-bond acceptors (Lipinski definition) is 4. The van der Waals surface area contributed by atoms with E-state index >= 15 is 0 Å². The number of fused-ring (bicyclic) bond motifs is 1. The molecule has 0 unspecified atom stereocenters. The van der Waals surface area contributed by atoms with Gasteiger partial charge >= 0.3 is 6.03 Å². The number of halogens is 3. The average Bonchev–Trinajstić information content (AvgIpc) is 3.06. The van der Waals surface area contributed by atoms with E-state index in [1.165, 1.54) is 11.1 Å². The molecular weight excluding hydrogens is 401 g/mol. The number of rotatable bonds is 4. The van der Waals surface area contributed by atoms with Crippen LogP contribution in [0.5, 0.6) is 0 Å². The number of carbonyl (C=O) groups excluding carboxylic acids is 2. The number of benzene rings is 1. The molecule has 1 aromatic carbocycles. The molecule has 10 heteroatoms. The Bertz CT molecular complexity index is 996. The van der Waals surface area contributed by atoms with Crippen LogP contribution in [-0.4, -0.2) is 45.8 Å². The molecule has 30 heavy (non-hydrogen) atoms. The van der Waals surface area contributed by atoms with E-state index in [0.29, 0.717) is 49.6 Å². The predicted molar refractivity (Wildman–Crippen MR) is 100 cm³/mol. The van der Waals surface area contributed by atoms with Crippen molar-refractivity contribution in [3.8, 4) is 0 Å². The number of hydrogen-bond donors (Lipinski definition) is 1. The zero-order valence-electron chi connectivity index (χ0n) is 16.5. The van der Waals surface area contributed by atoms with E-state index in [9.17, 15) is 22.8 Å². The van der Waals surface area contributed by atoms with Gasteiger partial charge in [-0.3, -0.25) is 9.48 Å². The summed E-state index contributed by atoms with van der Waals surface area (Å²) in [7, 11) is 0. The van der Waals surface area contributed by atoms with Crippen LogP contribution < -0.4 is 5.32 Å². The summed E-state index contributed by atoms with van der Waals surface area (Å²) < 4.78 is 46.9. The quantitative estimate of drug-likeness (QED) is 0.606. The van der Waals surface area contributed by atoms with Crippen molar-refractivity contribution in [2.24, 2.45) is 5.41 Å². The Balaban J connectivity index is 1.52. The molecule has 1 N–H and O–H groups in total. The Labute approximate surface area is 170 Å². The van der Waals surface area contributed by atoms with E-state index < -0.39 is 23.5 Å². The Morgan fingerprint density at radius 3 is 2.53 bits per heavy atom. The minimum Gasteiger partial charge on any atom is -0.380 e. The van der Waals surface area contributed by atoms with Crippen LogP contribution in [0.15, 0.2) is 18.3 Å². The summed E-state index contributed by atoms with van der Waals surface area (Å²) in [5.74, 6) is -4.45. The topological polar surface area (TPSA) is 76.5 Å². The Kier molecular flexibility index (Phi) is 5.05. The van der Waals surface area contributed by atoms with Crippen molar-refractivity contribution >= 4 is 17.5 Å². The maximum absolute atomic E-state index is 13.4. The Morgan fingerprint density at radius 2 is 1.93 bits per heavy atom. The fourth-order valence-corrected chi connectivity index (χ4v) is 3.76. The SMILES string of the molecule is C[C@H]1Cn2ncc(C(=O)CC3(C)COC3)c2CN1C(=O)Nc1cc(F)c(F)c(F)c1. The molecule has 2 amide bonds. The molecule has 7 nitrogen and oxygen atoms in total. The van der Waals surface area contributed by atoms with Gasteiger partial charge in [-0.2, -0.15) is 5.10 Å². The third-order valence-corrected chi connectivity index (χ3v) is 5.52. The van der Waals surface area contributed by atoms with Crippen molar-refractivity contribution in [3.05, 3.63) is 47.0 Å². The minimum absolute atomic E-state index is 0.0698. The minimum atomic E-state index is -1.60. The Morgan fingerprint density at radius 1 is 1.27 bits per heavy atom. The third kappa shape index (κ3) is 3.67. The number of carbonyl (C=O) groups is 2. The number of aromatic nitrogens is 2. The average molecular weight is 422 g/mol. The number of ether oxygens (including phenoxy) is 1. The lowest BCUT2D eigenvalue weighted by Crippen LogP contribution is -2.47. The number of nitrogens with zero attached hydrogens (tertiary/aromatic N) is 3. The maximum atomic E-state index is 13.4.